The maximum atomic E-state index is 9.80. The SMILES string of the molecule is [C-]#[N+]c1ccc(N(c2cccc3ccccc23)c2cc(C(C)C)c3ccc4c(N(c5ccc(C#N)cc5)c5cccc6ccccc56)cc(C(C)C)c5ccc2c3c54)cc1. The molecule has 4 heteroatoms. The van der Waals surface area contributed by atoms with Crippen LogP contribution in [0.4, 0.5) is 39.8 Å². The molecular weight excluding hydrogens is 729 g/mol. The van der Waals surface area contributed by atoms with Gasteiger partial charge in [0, 0.05) is 32.9 Å². The molecule has 0 saturated heterocycles. The molecule has 0 aliphatic rings. The predicted octanol–water partition coefficient (Wildman–Crippen LogP) is 16.5. The molecule has 0 spiro atoms. The summed E-state index contributed by atoms with van der Waals surface area (Å²) in [6.07, 6.45) is 0. The van der Waals surface area contributed by atoms with E-state index >= 15 is 0 Å². The largest absolute Gasteiger partial charge is 0.309 e. The lowest BCUT2D eigenvalue weighted by Gasteiger charge is -2.32. The summed E-state index contributed by atoms with van der Waals surface area (Å²) in [5.74, 6) is 0.475. The van der Waals surface area contributed by atoms with E-state index in [2.05, 4.69) is 194 Å². The standard InChI is InChI=1S/C56H42N4/c1-35(2)49-32-53(59(41-24-20-37(34-57)21-25-41)51-18-10-14-38-12-6-8-16-43(38)51)47-30-28-46-50(36(3)4)33-54(48-31-29-45(49)55(47)56(46)48)60(42-26-22-40(58-5)23-27-42)52-19-11-15-39-13-7-9-17-44(39)52/h6-33,35-36H,1-4H3. The van der Waals surface area contributed by atoms with E-state index < -0.39 is 0 Å². The zero-order chi connectivity index (χ0) is 41.1. The molecule has 0 aliphatic carbocycles. The van der Waals surface area contributed by atoms with Gasteiger partial charge in [0.1, 0.15) is 0 Å². The van der Waals surface area contributed by atoms with Crippen molar-refractivity contribution in [3.8, 4) is 6.07 Å². The van der Waals surface area contributed by atoms with Crippen LogP contribution in [0.1, 0.15) is 56.2 Å². The third-order valence-electron chi connectivity index (χ3n) is 12.2. The van der Waals surface area contributed by atoms with Gasteiger partial charge in [0.05, 0.1) is 41.0 Å². The fourth-order valence-electron chi connectivity index (χ4n) is 9.32. The van der Waals surface area contributed by atoms with E-state index in [1.807, 2.05) is 24.3 Å². The molecule has 60 heavy (non-hydrogen) atoms. The number of nitriles is 1. The lowest BCUT2D eigenvalue weighted by Crippen LogP contribution is -2.13. The highest BCUT2D eigenvalue weighted by Gasteiger charge is 2.27. The minimum Gasteiger partial charge on any atom is -0.309 e. The molecule has 0 aliphatic heterocycles. The summed E-state index contributed by atoms with van der Waals surface area (Å²) in [5.41, 5.74) is 10.1. The molecule has 4 nitrogen and oxygen atoms in total. The Morgan fingerprint density at radius 2 is 0.867 bits per heavy atom. The van der Waals surface area contributed by atoms with Crippen LogP contribution in [0.15, 0.2) is 170 Å². The van der Waals surface area contributed by atoms with E-state index in [1.54, 1.807) is 0 Å². The average Bonchev–Trinajstić information content (AvgIpc) is 3.29. The fourth-order valence-corrected chi connectivity index (χ4v) is 9.32. The van der Waals surface area contributed by atoms with Crippen molar-refractivity contribution in [2.75, 3.05) is 9.80 Å². The molecule has 0 fully saturated rings. The summed E-state index contributed by atoms with van der Waals surface area (Å²) in [6.45, 7) is 16.9. The molecule has 0 amide bonds. The van der Waals surface area contributed by atoms with Crippen molar-refractivity contribution >= 4 is 93.7 Å². The highest BCUT2D eigenvalue weighted by atomic mass is 15.2. The third kappa shape index (κ3) is 5.88. The molecule has 0 bridgehead atoms. The van der Waals surface area contributed by atoms with Crippen LogP contribution in [0.2, 0.25) is 0 Å². The first kappa shape index (κ1) is 36.7. The van der Waals surface area contributed by atoms with E-state index in [1.165, 1.54) is 43.4 Å². The maximum absolute atomic E-state index is 9.80. The molecule has 0 atom stereocenters. The summed E-state index contributed by atoms with van der Waals surface area (Å²) in [5, 5.41) is 21.8. The Morgan fingerprint density at radius 1 is 0.450 bits per heavy atom. The van der Waals surface area contributed by atoms with Crippen molar-refractivity contribution in [3.63, 3.8) is 0 Å². The minimum absolute atomic E-state index is 0.237. The van der Waals surface area contributed by atoms with E-state index in [9.17, 15) is 5.26 Å². The molecule has 10 rings (SSSR count). The summed E-state index contributed by atoms with van der Waals surface area (Å²) < 4.78 is 0. The van der Waals surface area contributed by atoms with Crippen LogP contribution >= 0.6 is 0 Å². The average molecular weight is 771 g/mol. The van der Waals surface area contributed by atoms with Crippen molar-refractivity contribution in [2.24, 2.45) is 0 Å². The van der Waals surface area contributed by atoms with Crippen molar-refractivity contribution in [1.82, 2.24) is 0 Å². The predicted molar refractivity (Wildman–Crippen MR) is 254 cm³/mol. The molecule has 0 radical (unpaired) electrons. The van der Waals surface area contributed by atoms with Crippen LogP contribution in [0, 0.1) is 17.9 Å². The molecule has 10 aromatic carbocycles. The smallest absolute Gasteiger partial charge is 0.187 e. The number of nitrogens with zero attached hydrogens (tertiary/aromatic N) is 4. The van der Waals surface area contributed by atoms with E-state index in [-0.39, 0.29) is 11.8 Å². The number of benzene rings is 10. The molecule has 0 N–H and O–H groups in total. The van der Waals surface area contributed by atoms with Crippen LogP contribution in [0.3, 0.4) is 0 Å². The number of fused-ring (bicyclic) bond motifs is 2. The molecule has 0 aromatic heterocycles. The summed E-state index contributed by atoms with van der Waals surface area (Å²) in [6, 6.07) is 62.7. The molecule has 10 aromatic rings. The molecule has 0 unspecified atom stereocenters. The van der Waals surface area contributed by atoms with Crippen LogP contribution in [-0.2, 0) is 0 Å². The maximum Gasteiger partial charge on any atom is 0.187 e. The van der Waals surface area contributed by atoms with Gasteiger partial charge in [-0.15, -0.1) is 0 Å². The topological polar surface area (TPSA) is 34.6 Å². The van der Waals surface area contributed by atoms with E-state index in [4.69, 9.17) is 6.57 Å². The Kier molecular flexibility index (Phi) is 8.93. The van der Waals surface area contributed by atoms with Gasteiger partial charge in [0.2, 0.25) is 0 Å². The van der Waals surface area contributed by atoms with Gasteiger partial charge >= 0.3 is 0 Å². The monoisotopic (exact) mass is 770 g/mol. The van der Waals surface area contributed by atoms with Gasteiger partial charge in [-0.2, -0.15) is 5.26 Å². The highest BCUT2D eigenvalue weighted by Crippen LogP contribution is 2.52. The van der Waals surface area contributed by atoms with Crippen LogP contribution in [0.25, 0.3) is 58.7 Å². The zero-order valence-corrected chi connectivity index (χ0v) is 34.1. The minimum atomic E-state index is 0.237. The number of rotatable bonds is 8. The van der Waals surface area contributed by atoms with Gasteiger partial charge in [-0.3, -0.25) is 0 Å². The van der Waals surface area contributed by atoms with Gasteiger partial charge in [0.15, 0.2) is 5.69 Å². The third-order valence-corrected chi connectivity index (χ3v) is 12.2. The number of hydrogen-bond acceptors (Lipinski definition) is 3. The quantitative estimate of drug-likeness (QED) is 0.114. The summed E-state index contributed by atoms with van der Waals surface area (Å²) in [4.78, 5) is 8.53. The second-order valence-corrected chi connectivity index (χ2v) is 16.3. The van der Waals surface area contributed by atoms with Gasteiger partial charge in [-0.25, -0.2) is 4.85 Å². The van der Waals surface area contributed by atoms with E-state index in [0.717, 1.165) is 55.7 Å². The Labute approximate surface area is 350 Å². The second kappa shape index (κ2) is 14.6. The summed E-state index contributed by atoms with van der Waals surface area (Å²) >= 11 is 0. The first-order valence-electron chi connectivity index (χ1n) is 20.7. The van der Waals surface area contributed by atoms with Gasteiger partial charge < -0.3 is 9.80 Å². The van der Waals surface area contributed by atoms with Crippen LogP contribution < -0.4 is 9.80 Å². The molecule has 0 saturated carbocycles. The highest BCUT2D eigenvalue weighted by molar-refractivity contribution is 6.30. The lowest BCUT2D eigenvalue weighted by molar-refractivity contribution is 0.875. The molecule has 0 heterocycles. The van der Waals surface area contributed by atoms with Gasteiger partial charge in [0.25, 0.3) is 0 Å². The summed E-state index contributed by atoms with van der Waals surface area (Å²) in [7, 11) is 0. The Morgan fingerprint density at radius 3 is 1.30 bits per heavy atom. The van der Waals surface area contributed by atoms with Gasteiger partial charge in [-0.1, -0.05) is 137 Å². The zero-order valence-electron chi connectivity index (χ0n) is 34.1. The van der Waals surface area contributed by atoms with Crippen LogP contribution in [0.5, 0.6) is 0 Å². The van der Waals surface area contributed by atoms with Crippen molar-refractivity contribution in [2.45, 2.75) is 39.5 Å². The first-order valence-corrected chi connectivity index (χ1v) is 20.7. The van der Waals surface area contributed by atoms with Crippen molar-refractivity contribution < 1.29 is 0 Å². The molecular formula is C56H42N4. The van der Waals surface area contributed by atoms with Gasteiger partial charge in [-0.05, 0) is 116 Å². The first-order chi connectivity index (χ1) is 29.3. The van der Waals surface area contributed by atoms with Crippen LogP contribution in [-0.4, -0.2) is 0 Å². The Balaban J connectivity index is 1.35. The normalized spacial score (nSPS) is 11.6. The fraction of sp³-hybridized carbons (Fsp3) is 0.107. The lowest BCUT2D eigenvalue weighted by atomic mass is 9.84. The molecule has 286 valence electrons. The Hall–Kier alpha value is -7.66. The van der Waals surface area contributed by atoms with Crippen molar-refractivity contribution in [1.29, 1.82) is 5.26 Å². The van der Waals surface area contributed by atoms with Crippen molar-refractivity contribution in [3.05, 3.63) is 198 Å². The number of anilines is 6. The number of hydrogen-bond donors (Lipinski definition) is 0. The second-order valence-electron chi connectivity index (χ2n) is 16.3. The van der Waals surface area contributed by atoms with E-state index in [0.29, 0.717) is 11.3 Å². The Bertz CT molecular complexity index is 3110.